The summed E-state index contributed by atoms with van der Waals surface area (Å²) < 4.78 is 54.6. The van der Waals surface area contributed by atoms with Crippen LogP contribution in [-0.2, 0) is 66.2 Å². The van der Waals surface area contributed by atoms with Gasteiger partial charge in [-0.2, -0.15) is 14.9 Å². The van der Waals surface area contributed by atoms with Crippen LogP contribution in [0.5, 0.6) is 0 Å². The smallest absolute Gasteiger partial charge is 0.465 e. The fourth-order valence-electron chi connectivity index (χ4n) is 7.88. The molecule has 25 heteroatoms. The Kier molecular flexibility index (Phi) is 18.6. The molecule has 0 radical (unpaired) electrons. The van der Waals surface area contributed by atoms with Gasteiger partial charge in [-0.25, -0.2) is 29.0 Å². The summed E-state index contributed by atoms with van der Waals surface area (Å²) in [6.45, 7) is 24.8. The van der Waals surface area contributed by atoms with E-state index in [0.29, 0.717) is 33.8 Å². The number of nitrogens with zero attached hydrogens (tertiary/aromatic N) is 9. The lowest BCUT2D eigenvalue weighted by molar-refractivity contribution is -0.182. The molecule has 77 heavy (non-hydrogen) atoms. The van der Waals surface area contributed by atoms with Crippen molar-refractivity contribution in [3.8, 4) is 11.1 Å². The third-order valence-electron chi connectivity index (χ3n) is 11.5. The van der Waals surface area contributed by atoms with Crippen LogP contribution < -0.4 is 4.90 Å². The topological polar surface area (TPSA) is 259 Å². The van der Waals surface area contributed by atoms with E-state index in [1.54, 1.807) is 125 Å². The fraction of sp³-hybridized carbons (Fsp3) is 0.558. The van der Waals surface area contributed by atoms with Gasteiger partial charge in [-0.15, -0.1) is 15.0 Å². The number of aromatic nitrogens is 8. The van der Waals surface area contributed by atoms with Crippen LogP contribution in [0.15, 0.2) is 54.9 Å². The maximum Gasteiger partial charge on any atom is 0.509 e. The highest BCUT2D eigenvalue weighted by atomic mass is 35.5. The van der Waals surface area contributed by atoms with Crippen LogP contribution in [0.3, 0.4) is 0 Å². The molecule has 4 heterocycles. The average molecular weight is 1110 g/mol. The van der Waals surface area contributed by atoms with Crippen molar-refractivity contribution in [2.24, 2.45) is 5.92 Å². The Bertz CT molecular complexity index is 2880. The second-order valence-corrected chi connectivity index (χ2v) is 28.5. The molecule has 1 aliphatic heterocycles. The van der Waals surface area contributed by atoms with Crippen molar-refractivity contribution in [3.05, 3.63) is 77.1 Å². The number of fused-ring (bicyclic) bond motifs is 1. The number of benzene rings is 2. The molecular formula is C52H70ClN9O14Si. The third-order valence-corrected chi connectivity index (χ3v) is 13.4. The summed E-state index contributed by atoms with van der Waals surface area (Å²) in [4.78, 5) is 83.7. The number of methoxy groups -OCH3 is 1. The minimum Gasteiger partial charge on any atom is -0.465 e. The first kappa shape index (κ1) is 59.6. The van der Waals surface area contributed by atoms with Crippen molar-refractivity contribution in [1.29, 1.82) is 0 Å². The van der Waals surface area contributed by atoms with Gasteiger partial charge < -0.3 is 42.6 Å². The maximum absolute atomic E-state index is 14.7. The van der Waals surface area contributed by atoms with Gasteiger partial charge in [-0.05, 0) is 115 Å². The number of tetrazole rings is 1. The zero-order valence-corrected chi connectivity index (χ0v) is 48.1. The molecule has 0 saturated carbocycles. The predicted octanol–water partition coefficient (Wildman–Crippen LogP) is 9.48. The molecule has 1 unspecified atom stereocenters. The minimum atomic E-state index is -2.09. The number of anilines is 1. The number of rotatable bonds is 18. The van der Waals surface area contributed by atoms with E-state index in [1.165, 1.54) is 22.8 Å². The Morgan fingerprint density at radius 2 is 1.49 bits per heavy atom. The second-order valence-electron chi connectivity index (χ2n) is 22.5. The van der Waals surface area contributed by atoms with Crippen LogP contribution >= 0.6 is 11.6 Å². The summed E-state index contributed by atoms with van der Waals surface area (Å²) in [5.74, 6) is -2.62. The third kappa shape index (κ3) is 15.3. The van der Waals surface area contributed by atoms with E-state index in [9.17, 15) is 24.0 Å². The second kappa shape index (κ2) is 24.0. The molecule has 0 spiro atoms. The van der Waals surface area contributed by atoms with Crippen LogP contribution in [0.1, 0.15) is 104 Å². The van der Waals surface area contributed by atoms with Crippen LogP contribution in [0, 0.1) is 5.92 Å². The van der Waals surface area contributed by atoms with Gasteiger partial charge in [-0.1, -0.05) is 69.0 Å². The van der Waals surface area contributed by atoms with Crippen LogP contribution in [-0.4, -0.2) is 134 Å². The lowest BCUT2D eigenvalue weighted by Crippen LogP contribution is -2.46. The normalized spacial score (nSPS) is 17.8. The molecular weight excluding hydrogens is 1040 g/mol. The van der Waals surface area contributed by atoms with Crippen molar-refractivity contribution in [3.63, 3.8) is 0 Å². The average Bonchev–Trinajstić information content (AvgIpc) is 4.07. The molecule has 0 N–H and O–H groups in total. The number of hydrogen-bond donors (Lipinski definition) is 0. The summed E-state index contributed by atoms with van der Waals surface area (Å²) in [7, 11) is -0.131. The number of imide groups is 1. The number of carbonyl (C=O) groups excluding carboxylic acids is 5. The Morgan fingerprint density at radius 3 is 2.09 bits per heavy atom. The fourth-order valence-corrected chi connectivity index (χ4v) is 8.80. The first-order valence-electron chi connectivity index (χ1n) is 25.1. The van der Waals surface area contributed by atoms with Gasteiger partial charge in [0, 0.05) is 27.0 Å². The number of amides is 2. The van der Waals surface area contributed by atoms with Gasteiger partial charge in [0.25, 0.3) is 0 Å². The van der Waals surface area contributed by atoms with Crippen LogP contribution in [0.25, 0.3) is 22.3 Å². The Labute approximate surface area is 453 Å². The predicted molar refractivity (Wildman–Crippen MR) is 283 cm³/mol. The number of esters is 2. The molecule has 23 nitrogen and oxygen atoms in total. The molecule has 6 rings (SSSR count). The SMILES string of the molecule is CCOC(=O)C(Cc1ccc(-c2ccccc2C(=O)OC)cc1)(OC[C@H]1O[C@@H](n2cnc3c(N(C(=O)OC(C)(C)C)C(=O)OC(C)(C)C)nc(Cl)nc32)[C@H](OC(=O)OC(C)(C)C)[C@@H]1C)c1nnn(COCC[Si](C)(C)C)n1. The van der Waals surface area contributed by atoms with Gasteiger partial charge in [0.15, 0.2) is 36.0 Å². The molecule has 418 valence electrons. The van der Waals surface area contributed by atoms with Crippen molar-refractivity contribution in [1.82, 2.24) is 39.7 Å². The summed E-state index contributed by atoms with van der Waals surface area (Å²) in [5.41, 5.74) is -3.09. The highest BCUT2D eigenvalue weighted by molar-refractivity contribution is 6.76. The molecule has 3 aromatic heterocycles. The number of carbonyl (C=O) groups is 5. The van der Waals surface area contributed by atoms with E-state index >= 15 is 0 Å². The highest BCUT2D eigenvalue weighted by Crippen LogP contribution is 2.41. The van der Waals surface area contributed by atoms with Gasteiger partial charge in [0.1, 0.15) is 16.8 Å². The van der Waals surface area contributed by atoms with Crippen molar-refractivity contribution in [2.75, 3.05) is 31.8 Å². The van der Waals surface area contributed by atoms with E-state index < -0.39 is 90.4 Å². The number of ether oxygens (including phenoxy) is 9. The molecule has 0 bridgehead atoms. The quantitative estimate of drug-likeness (QED) is 0.0260. The summed E-state index contributed by atoms with van der Waals surface area (Å²) in [6, 6.07) is 15.0. The Balaban J connectivity index is 1.43. The van der Waals surface area contributed by atoms with E-state index in [4.69, 9.17) is 54.2 Å². The lowest BCUT2D eigenvalue weighted by Gasteiger charge is -2.30. The number of hydrogen-bond acceptors (Lipinski definition) is 20. The summed E-state index contributed by atoms with van der Waals surface area (Å²) >= 11 is 6.58. The molecule has 5 atom stereocenters. The van der Waals surface area contributed by atoms with E-state index in [0.717, 1.165) is 6.04 Å². The maximum atomic E-state index is 14.7. The molecule has 5 aromatic rings. The molecule has 1 aliphatic rings. The molecule has 2 aromatic carbocycles. The van der Waals surface area contributed by atoms with Gasteiger partial charge in [0.2, 0.25) is 16.7 Å². The van der Waals surface area contributed by atoms with Crippen molar-refractivity contribution >= 4 is 66.9 Å². The van der Waals surface area contributed by atoms with Gasteiger partial charge in [-0.3, -0.25) is 4.57 Å². The number of imidazole rings is 1. The van der Waals surface area contributed by atoms with E-state index in [2.05, 4.69) is 50.0 Å². The van der Waals surface area contributed by atoms with Crippen LogP contribution in [0.2, 0.25) is 31.0 Å². The minimum absolute atomic E-state index is 0.0509. The Hall–Kier alpha value is -6.60. The Morgan fingerprint density at radius 1 is 0.857 bits per heavy atom. The highest BCUT2D eigenvalue weighted by Gasteiger charge is 2.52. The largest absolute Gasteiger partial charge is 0.509 e. The number of halogens is 1. The first-order valence-corrected chi connectivity index (χ1v) is 29.2. The standard InChI is InChI=1S/C52H70ClN9O14Si/c1-16-70-44(64)52(43-57-59-61(58-43)30-69-25-26-77(13,14)15,27-32-21-23-33(24-22-32)34-19-17-18-20-35(34)42(63)68-12)71-28-36-31(2)38(73-48(67)76-51(9,10)11)41(72-36)60-29-54-37-39(60)55-45(53)56-40(37)62(46(65)74-49(3,4)5)47(66)75-50(6,7)8/h17-24,29,31,36,38,41H,16,25-28,30H2,1-15H3/t31-,36-,38-,41-,52?/m1/s1. The molecule has 1 fully saturated rings. The zero-order valence-electron chi connectivity index (χ0n) is 46.4. The van der Waals surface area contributed by atoms with E-state index in [-0.39, 0.29) is 49.2 Å². The van der Waals surface area contributed by atoms with Crippen molar-refractivity contribution in [2.45, 2.75) is 156 Å². The van der Waals surface area contributed by atoms with Crippen LogP contribution in [0.4, 0.5) is 20.2 Å². The van der Waals surface area contributed by atoms with Crippen molar-refractivity contribution < 1.29 is 66.6 Å². The zero-order chi connectivity index (χ0) is 56.8. The molecule has 2 amide bonds. The van der Waals surface area contributed by atoms with E-state index in [1.807, 2.05) is 0 Å². The summed E-state index contributed by atoms with van der Waals surface area (Å²) in [6.07, 6.45) is -5.69. The van der Waals surface area contributed by atoms with Gasteiger partial charge in [0.05, 0.1) is 38.3 Å². The van der Waals surface area contributed by atoms with Gasteiger partial charge >= 0.3 is 30.3 Å². The monoisotopic (exact) mass is 1110 g/mol. The lowest BCUT2D eigenvalue weighted by atomic mass is 9.91. The molecule has 1 saturated heterocycles. The molecule has 0 aliphatic carbocycles. The first-order chi connectivity index (χ1) is 35.9. The summed E-state index contributed by atoms with van der Waals surface area (Å²) in [5, 5.41) is 12.8.